The number of aryl methyl sites for hydroxylation is 1. The van der Waals surface area contributed by atoms with Crippen molar-refractivity contribution in [2.75, 3.05) is 29.6 Å². The van der Waals surface area contributed by atoms with Crippen LogP contribution in [-0.4, -0.2) is 55.4 Å². The first-order chi connectivity index (χ1) is 16.7. The van der Waals surface area contributed by atoms with Crippen molar-refractivity contribution in [1.82, 2.24) is 4.57 Å². The molecule has 0 saturated carbocycles. The summed E-state index contributed by atoms with van der Waals surface area (Å²) in [5, 5.41) is 0. The molecule has 4 rings (SSSR count). The van der Waals surface area contributed by atoms with Crippen LogP contribution in [0.2, 0.25) is 0 Å². The molecule has 35 heavy (non-hydrogen) atoms. The van der Waals surface area contributed by atoms with E-state index in [1.807, 2.05) is 37.3 Å². The molecule has 2 amide bonds. The number of thiazole rings is 1. The maximum Gasteiger partial charge on any atom is 0.326 e. The number of sulfone groups is 1. The molecule has 0 spiro atoms. The summed E-state index contributed by atoms with van der Waals surface area (Å²) in [7, 11) is -4.05. The van der Waals surface area contributed by atoms with E-state index in [9.17, 15) is 22.8 Å². The number of hydrogen-bond donors (Lipinski definition) is 0. The molecule has 1 aliphatic heterocycles. The Morgan fingerprint density at radius 1 is 1.11 bits per heavy atom. The molecular formula is C24H25N3O6S2. The fraction of sp³-hybridized carbons (Fsp3) is 0.333. The predicted octanol–water partition coefficient (Wildman–Crippen LogP) is 2.01. The van der Waals surface area contributed by atoms with Crippen LogP contribution >= 0.6 is 11.3 Å². The van der Waals surface area contributed by atoms with Crippen LogP contribution in [0.4, 0.5) is 5.69 Å². The van der Waals surface area contributed by atoms with Gasteiger partial charge in [-0.05, 0) is 49.6 Å². The Hall–Kier alpha value is -3.31. The molecule has 0 bridgehead atoms. The Morgan fingerprint density at radius 2 is 1.89 bits per heavy atom. The second-order valence-electron chi connectivity index (χ2n) is 8.21. The van der Waals surface area contributed by atoms with Gasteiger partial charge in [0.25, 0.3) is 5.91 Å². The predicted molar refractivity (Wildman–Crippen MR) is 133 cm³/mol. The zero-order valence-corrected chi connectivity index (χ0v) is 21.0. The third-order valence-electron chi connectivity index (χ3n) is 5.53. The SMILES string of the molecule is CCOC(=O)Cn1c(=NC(=O)CS(=O)(=O)CC(=O)N2CCc3ccccc32)sc2cc(C)ccc21. The van der Waals surface area contributed by atoms with Crippen LogP contribution < -0.4 is 9.70 Å². The minimum Gasteiger partial charge on any atom is -0.465 e. The third kappa shape index (κ3) is 5.68. The molecule has 1 aromatic heterocycles. The van der Waals surface area contributed by atoms with Crippen LogP contribution in [0.25, 0.3) is 10.2 Å². The van der Waals surface area contributed by atoms with Crippen molar-refractivity contribution in [3.8, 4) is 0 Å². The highest BCUT2D eigenvalue weighted by Gasteiger charge is 2.29. The molecule has 184 valence electrons. The zero-order valence-electron chi connectivity index (χ0n) is 19.4. The first-order valence-corrected chi connectivity index (χ1v) is 13.7. The Kier molecular flexibility index (Phi) is 7.18. The zero-order chi connectivity index (χ0) is 25.2. The molecule has 3 aromatic rings. The van der Waals surface area contributed by atoms with E-state index in [-0.39, 0.29) is 18.0 Å². The smallest absolute Gasteiger partial charge is 0.326 e. The van der Waals surface area contributed by atoms with Gasteiger partial charge in [0.15, 0.2) is 14.6 Å². The number of hydrogen-bond acceptors (Lipinski definition) is 7. The van der Waals surface area contributed by atoms with Crippen molar-refractivity contribution in [2.24, 2.45) is 4.99 Å². The Labute approximate surface area is 206 Å². The van der Waals surface area contributed by atoms with Crippen LogP contribution in [0.5, 0.6) is 0 Å². The summed E-state index contributed by atoms with van der Waals surface area (Å²) in [6.07, 6.45) is 0.655. The van der Waals surface area contributed by atoms with Crippen molar-refractivity contribution in [1.29, 1.82) is 0 Å². The summed E-state index contributed by atoms with van der Waals surface area (Å²) in [5.74, 6) is -3.65. The summed E-state index contributed by atoms with van der Waals surface area (Å²) in [6, 6.07) is 12.9. The highest BCUT2D eigenvalue weighted by molar-refractivity contribution is 7.92. The number of carbonyl (C=O) groups is 3. The third-order valence-corrected chi connectivity index (χ3v) is 7.94. The standard InChI is InChI=1S/C24H25N3O6S2/c1-3-33-23(30)13-27-19-9-8-16(2)12-20(19)34-24(27)25-21(28)14-35(31,32)15-22(29)26-11-10-17-6-4-5-7-18(17)26/h4-9,12H,3,10-11,13-15H2,1-2H3. The van der Waals surface area contributed by atoms with Crippen LogP contribution in [-0.2, 0) is 41.9 Å². The number of aromatic nitrogens is 1. The molecule has 0 aliphatic carbocycles. The Morgan fingerprint density at radius 3 is 2.66 bits per heavy atom. The van der Waals surface area contributed by atoms with Crippen molar-refractivity contribution < 1.29 is 27.5 Å². The second kappa shape index (κ2) is 10.1. The quantitative estimate of drug-likeness (QED) is 0.445. The molecule has 0 saturated heterocycles. The van der Waals surface area contributed by atoms with E-state index in [0.29, 0.717) is 24.2 Å². The van der Waals surface area contributed by atoms with E-state index >= 15 is 0 Å². The van der Waals surface area contributed by atoms with E-state index in [2.05, 4.69) is 4.99 Å². The number of fused-ring (bicyclic) bond motifs is 2. The fourth-order valence-corrected chi connectivity index (χ4v) is 6.22. The number of ether oxygens (including phenoxy) is 1. The van der Waals surface area contributed by atoms with Gasteiger partial charge in [-0.1, -0.05) is 35.6 Å². The molecule has 2 aromatic carbocycles. The number of carbonyl (C=O) groups excluding carboxylic acids is 3. The normalized spacial score (nSPS) is 13.8. The first-order valence-electron chi connectivity index (χ1n) is 11.1. The van der Waals surface area contributed by atoms with Gasteiger partial charge in [-0.15, -0.1) is 0 Å². The minimum atomic E-state index is -4.05. The average molecular weight is 516 g/mol. The minimum absolute atomic E-state index is 0.164. The molecule has 2 heterocycles. The van der Waals surface area contributed by atoms with Gasteiger partial charge in [0.1, 0.15) is 18.1 Å². The summed E-state index contributed by atoms with van der Waals surface area (Å²) in [6.45, 7) is 4.06. The lowest BCUT2D eigenvalue weighted by Crippen LogP contribution is -2.36. The Balaban J connectivity index is 1.55. The van der Waals surface area contributed by atoms with Gasteiger partial charge in [0.05, 0.1) is 16.8 Å². The van der Waals surface area contributed by atoms with E-state index < -0.39 is 39.1 Å². The van der Waals surface area contributed by atoms with Gasteiger partial charge in [0.2, 0.25) is 5.91 Å². The second-order valence-corrected chi connectivity index (χ2v) is 11.3. The number of amides is 2. The molecule has 9 nitrogen and oxygen atoms in total. The van der Waals surface area contributed by atoms with E-state index in [1.165, 1.54) is 20.8 Å². The van der Waals surface area contributed by atoms with E-state index in [1.54, 1.807) is 19.1 Å². The maximum absolute atomic E-state index is 12.7. The van der Waals surface area contributed by atoms with Crippen molar-refractivity contribution >= 4 is 54.9 Å². The molecule has 11 heteroatoms. The molecular weight excluding hydrogens is 490 g/mol. The maximum atomic E-state index is 12.7. The lowest BCUT2D eigenvalue weighted by Gasteiger charge is -2.17. The topological polar surface area (TPSA) is 115 Å². The summed E-state index contributed by atoms with van der Waals surface area (Å²) >= 11 is 1.18. The van der Waals surface area contributed by atoms with Gasteiger partial charge in [-0.25, -0.2) is 8.42 Å². The van der Waals surface area contributed by atoms with Crippen molar-refractivity contribution in [3.05, 3.63) is 58.4 Å². The highest BCUT2D eigenvalue weighted by Crippen LogP contribution is 2.27. The van der Waals surface area contributed by atoms with Crippen LogP contribution in [0.15, 0.2) is 47.5 Å². The number of para-hydroxylation sites is 1. The van der Waals surface area contributed by atoms with E-state index in [0.717, 1.165) is 15.8 Å². The van der Waals surface area contributed by atoms with Crippen molar-refractivity contribution in [2.45, 2.75) is 26.8 Å². The number of anilines is 1. The summed E-state index contributed by atoms with van der Waals surface area (Å²) < 4.78 is 32.7. The lowest BCUT2D eigenvalue weighted by atomic mass is 10.2. The van der Waals surface area contributed by atoms with Gasteiger partial charge in [0, 0.05) is 12.2 Å². The van der Waals surface area contributed by atoms with Crippen LogP contribution in [0.3, 0.4) is 0 Å². The number of nitrogens with zero attached hydrogens (tertiary/aromatic N) is 3. The first kappa shape index (κ1) is 24.8. The van der Waals surface area contributed by atoms with Gasteiger partial charge < -0.3 is 14.2 Å². The molecule has 1 aliphatic rings. The van der Waals surface area contributed by atoms with Gasteiger partial charge >= 0.3 is 5.97 Å². The Bertz CT molecular complexity index is 1490. The molecule has 0 unspecified atom stereocenters. The fourth-order valence-electron chi connectivity index (χ4n) is 4.00. The molecule has 0 fully saturated rings. The largest absolute Gasteiger partial charge is 0.465 e. The van der Waals surface area contributed by atoms with Crippen molar-refractivity contribution in [3.63, 3.8) is 0 Å². The van der Waals surface area contributed by atoms with Gasteiger partial charge in [-0.3, -0.25) is 14.4 Å². The summed E-state index contributed by atoms with van der Waals surface area (Å²) in [5.41, 5.74) is 3.36. The number of benzene rings is 2. The number of esters is 1. The van der Waals surface area contributed by atoms with Crippen LogP contribution in [0, 0.1) is 6.92 Å². The summed E-state index contributed by atoms with van der Waals surface area (Å²) in [4.78, 5) is 43.1. The van der Waals surface area contributed by atoms with Crippen LogP contribution in [0.1, 0.15) is 18.1 Å². The molecule has 0 atom stereocenters. The monoisotopic (exact) mass is 515 g/mol. The lowest BCUT2D eigenvalue weighted by molar-refractivity contribution is -0.143. The average Bonchev–Trinajstić information content (AvgIpc) is 3.34. The molecule has 0 radical (unpaired) electrons. The highest BCUT2D eigenvalue weighted by atomic mass is 32.2. The van der Waals surface area contributed by atoms with Gasteiger partial charge in [-0.2, -0.15) is 4.99 Å². The number of rotatable bonds is 7. The molecule has 0 N–H and O–H groups in total. The van der Waals surface area contributed by atoms with E-state index in [4.69, 9.17) is 4.74 Å².